The molecule has 176 valence electrons. The van der Waals surface area contributed by atoms with Gasteiger partial charge in [-0.05, 0) is 37.8 Å². The van der Waals surface area contributed by atoms with Crippen molar-refractivity contribution in [3.63, 3.8) is 0 Å². The van der Waals surface area contributed by atoms with Crippen LogP contribution < -0.4 is 10.1 Å². The highest BCUT2D eigenvalue weighted by Gasteiger charge is 2.21. The van der Waals surface area contributed by atoms with Crippen molar-refractivity contribution in [3.8, 4) is 28.7 Å². The normalized spacial score (nSPS) is 12.9. The topological polar surface area (TPSA) is 103 Å². The Balaban J connectivity index is 1.47. The Labute approximate surface area is 202 Å². The first-order valence-electron chi connectivity index (χ1n) is 10.7. The Hall–Kier alpha value is -4.04. The Morgan fingerprint density at radius 2 is 1.97 bits per heavy atom. The maximum Gasteiger partial charge on any atom is 0.280 e. The molecule has 11 heteroatoms. The predicted molar refractivity (Wildman–Crippen MR) is 126 cm³/mol. The predicted octanol–water partition coefficient (Wildman–Crippen LogP) is 4.81. The molecule has 0 unspecified atom stereocenters. The van der Waals surface area contributed by atoms with Gasteiger partial charge in [-0.3, -0.25) is 20.1 Å². The largest absolute Gasteiger partial charge is 0.494 e. The average molecular weight is 493 g/mol. The lowest BCUT2D eigenvalue weighted by Crippen LogP contribution is -2.14. The van der Waals surface area contributed by atoms with E-state index in [4.69, 9.17) is 4.74 Å². The van der Waals surface area contributed by atoms with Gasteiger partial charge in [0.05, 0.1) is 25.1 Å². The number of thiazole rings is 1. The second-order valence-corrected chi connectivity index (χ2v) is 8.86. The number of fused-ring (bicyclic) bond motifs is 1. The van der Waals surface area contributed by atoms with Crippen LogP contribution in [-0.2, 0) is 0 Å². The molecule has 0 spiro atoms. The van der Waals surface area contributed by atoms with Gasteiger partial charge in [-0.1, -0.05) is 17.3 Å². The van der Waals surface area contributed by atoms with Crippen molar-refractivity contribution < 1.29 is 18.3 Å². The van der Waals surface area contributed by atoms with Gasteiger partial charge < -0.3 is 4.74 Å². The minimum absolute atomic E-state index is 0.163. The second kappa shape index (κ2) is 9.31. The van der Waals surface area contributed by atoms with E-state index in [1.165, 1.54) is 25.6 Å². The van der Waals surface area contributed by atoms with E-state index in [-0.39, 0.29) is 11.3 Å². The summed E-state index contributed by atoms with van der Waals surface area (Å²) < 4.78 is 32.0. The Kier molecular flexibility index (Phi) is 6.05. The molecule has 0 aliphatic heterocycles. The highest BCUT2D eigenvalue weighted by atomic mass is 32.1. The average Bonchev–Trinajstić information content (AvgIpc) is 3.60. The van der Waals surface area contributed by atoms with Gasteiger partial charge in [0.25, 0.3) is 12.3 Å². The molecule has 1 aliphatic carbocycles. The minimum atomic E-state index is -2.78. The van der Waals surface area contributed by atoms with E-state index in [2.05, 4.69) is 42.1 Å². The zero-order valence-electron chi connectivity index (χ0n) is 18.7. The van der Waals surface area contributed by atoms with Gasteiger partial charge in [0.15, 0.2) is 15.6 Å². The molecule has 1 saturated carbocycles. The summed E-state index contributed by atoms with van der Waals surface area (Å²) >= 11 is 1.16. The van der Waals surface area contributed by atoms with Crippen LogP contribution in [0.15, 0.2) is 30.7 Å². The van der Waals surface area contributed by atoms with Gasteiger partial charge in [0.2, 0.25) is 0 Å². The number of aryl methyl sites for hydroxylation is 1. The number of hydrogen-bond donors (Lipinski definition) is 1. The van der Waals surface area contributed by atoms with E-state index in [9.17, 15) is 13.6 Å². The van der Waals surface area contributed by atoms with E-state index in [1.807, 2.05) is 0 Å². The van der Waals surface area contributed by atoms with Crippen LogP contribution in [-0.4, -0.2) is 37.9 Å². The molecule has 0 bridgehead atoms. The molecular weight excluding hydrogens is 474 g/mol. The van der Waals surface area contributed by atoms with Crippen LogP contribution in [0.1, 0.15) is 46.7 Å². The molecule has 4 aromatic rings. The summed E-state index contributed by atoms with van der Waals surface area (Å²) in [6, 6.07) is 2.85. The highest BCUT2D eigenvalue weighted by molar-refractivity contribution is 7.21. The lowest BCUT2D eigenvalue weighted by molar-refractivity contribution is 0.102. The molecular formula is C24H18F2N6O2S. The van der Waals surface area contributed by atoms with Crippen LogP contribution in [0.4, 0.5) is 13.9 Å². The van der Waals surface area contributed by atoms with Crippen molar-refractivity contribution in [2.45, 2.75) is 26.2 Å². The van der Waals surface area contributed by atoms with Crippen molar-refractivity contribution in [3.05, 3.63) is 53.4 Å². The number of pyridine rings is 2. The quantitative estimate of drug-likeness (QED) is 0.399. The number of carbonyl (C=O) groups is 1. The van der Waals surface area contributed by atoms with Crippen molar-refractivity contribution in [1.82, 2.24) is 24.9 Å². The summed E-state index contributed by atoms with van der Waals surface area (Å²) in [4.78, 5) is 34.8. The SMILES string of the molecule is COc1cnc(C(F)F)cc1-c1cc(C)ncc1C(=O)Nc1nc2ncc(C#CC3CC3)nc2s1. The number of hydrogen-bond acceptors (Lipinski definition) is 8. The number of halogens is 2. The number of amides is 1. The Morgan fingerprint density at radius 3 is 2.71 bits per heavy atom. The zero-order valence-corrected chi connectivity index (χ0v) is 19.5. The Morgan fingerprint density at radius 1 is 1.14 bits per heavy atom. The maximum atomic E-state index is 13.3. The number of nitrogens with one attached hydrogen (secondary N) is 1. The van der Waals surface area contributed by atoms with Crippen molar-refractivity contribution >= 4 is 32.9 Å². The molecule has 5 rings (SSSR count). The number of anilines is 1. The number of carbonyl (C=O) groups excluding carboxylic acids is 1. The molecule has 4 aromatic heterocycles. The second-order valence-electron chi connectivity index (χ2n) is 7.88. The maximum absolute atomic E-state index is 13.3. The molecule has 0 aromatic carbocycles. The fourth-order valence-corrected chi connectivity index (χ4v) is 4.11. The van der Waals surface area contributed by atoms with E-state index in [1.54, 1.807) is 19.2 Å². The molecule has 1 fully saturated rings. The fourth-order valence-electron chi connectivity index (χ4n) is 3.32. The highest BCUT2D eigenvalue weighted by Crippen LogP contribution is 2.35. The molecule has 0 radical (unpaired) electrons. The first kappa shape index (κ1) is 22.7. The number of rotatable bonds is 5. The van der Waals surface area contributed by atoms with Crippen LogP contribution in [0.3, 0.4) is 0 Å². The van der Waals surface area contributed by atoms with E-state index < -0.39 is 18.0 Å². The third-order valence-electron chi connectivity index (χ3n) is 5.23. The number of alkyl halides is 2. The summed E-state index contributed by atoms with van der Waals surface area (Å²) in [6.45, 7) is 1.74. The fraction of sp³-hybridized carbons (Fsp3) is 0.250. The first-order chi connectivity index (χ1) is 16.9. The lowest BCUT2D eigenvalue weighted by atomic mass is 9.99. The van der Waals surface area contributed by atoms with Crippen molar-refractivity contribution in [1.29, 1.82) is 0 Å². The number of nitrogens with zero attached hydrogens (tertiary/aromatic N) is 5. The van der Waals surface area contributed by atoms with Crippen LogP contribution in [0.5, 0.6) is 5.75 Å². The standard InChI is InChI=1S/C24H18F2N6O2S/c1-12-7-15(16-8-18(20(25)26)28-11-19(16)34-2)17(10-27-12)22(33)32-24-31-21-23(35-24)30-14(9-29-21)6-5-13-3-4-13/h7-11,13,20H,3-4H2,1-2H3,(H,29,31,32,33). The molecule has 1 N–H and O–H groups in total. The third-order valence-corrected chi connectivity index (χ3v) is 6.09. The molecule has 35 heavy (non-hydrogen) atoms. The van der Waals surface area contributed by atoms with Crippen LogP contribution in [0.25, 0.3) is 21.6 Å². The number of ether oxygens (including phenoxy) is 1. The van der Waals surface area contributed by atoms with Gasteiger partial charge in [0.1, 0.15) is 17.1 Å². The monoisotopic (exact) mass is 492 g/mol. The minimum Gasteiger partial charge on any atom is -0.494 e. The number of methoxy groups -OCH3 is 1. The molecule has 1 amide bonds. The summed E-state index contributed by atoms with van der Waals surface area (Å²) in [7, 11) is 1.40. The van der Waals surface area contributed by atoms with Crippen LogP contribution >= 0.6 is 11.3 Å². The van der Waals surface area contributed by atoms with Gasteiger partial charge in [-0.2, -0.15) is 4.98 Å². The molecule has 8 nitrogen and oxygen atoms in total. The van der Waals surface area contributed by atoms with Gasteiger partial charge >= 0.3 is 0 Å². The lowest BCUT2D eigenvalue weighted by Gasteiger charge is -2.14. The smallest absolute Gasteiger partial charge is 0.280 e. The summed E-state index contributed by atoms with van der Waals surface area (Å²) in [5.41, 5.74) is 1.97. The van der Waals surface area contributed by atoms with Gasteiger partial charge in [-0.15, -0.1) is 0 Å². The third kappa shape index (κ3) is 4.93. The van der Waals surface area contributed by atoms with Crippen LogP contribution in [0.2, 0.25) is 0 Å². The van der Waals surface area contributed by atoms with E-state index in [0.717, 1.165) is 24.2 Å². The van der Waals surface area contributed by atoms with Crippen LogP contribution in [0, 0.1) is 24.7 Å². The number of aromatic nitrogens is 5. The first-order valence-corrected chi connectivity index (χ1v) is 11.5. The summed E-state index contributed by atoms with van der Waals surface area (Å²) in [6.07, 6.45) is 3.61. The molecule has 0 atom stereocenters. The summed E-state index contributed by atoms with van der Waals surface area (Å²) in [5, 5.41) is 3.03. The Bertz CT molecular complexity index is 1510. The zero-order chi connectivity index (χ0) is 24.5. The van der Waals surface area contributed by atoms with Crippen molar-refractivity contribution in [2.75, 3.05) is 12.4 Å². The van der Waals surface area contributed by atoms with Gasteiger partial charge in [-0.25, -0.2) is 18.7 Å². The molecule has 4 heterocycles. The van der Waals surface area contributed by atoms with Gasteiger partial charge in [0, 0.05) is 28.9 Å². The van der Waals surface area contributed by atoms with E-state index >= 15 is 0 Å². The van der Waals surface area contributed by atoms with E-state index in [0.29, 0.717) is 44.0 Å². The van der Waals surface area contributed by atoms with Crippen molar-refractivity contribution in [2.24, 2.45) is 5.92 Å². The molecule has 1 aliphatic rings. The summed E-state index contributed by atoms with van der Waals surface area (Å²) in [5.74, 6) is 6.33. The molecule has 0 saturated heterocycles.